The van der Waals surface area contributed by atoms with Gasteiger partial charge in [-0.1, -0.05) is 29.8 Å². The number of ketones is 1. The third-order valence-electron chi connectivity index (χ3n) is 5.67. The molecular formula is C25H21ClN2O4. The first-order chi connectivity index (χ1) is 15.3. The number of carboxylic acid groups (broad SMARTS) is 1. The lowest BCUT2D eigenvalue weighted by Gasteiger charge is -2.29. The maximum Gasteiger partial charge on any atom is 0.335 e. The Hall–Kier alpha value is -3.51. The summed E-state index contributed by atoms with van der Waals surface area (Å²) in [4.78, 5) is 44.1. The van der Waals surface area contributed by atoms with E-state index < -0.39 is 12.0 Å². The highest BCUT2D eigenvalue weighted by Crippen LogP contribution is 2.27. The van der Waals surface area contributed by atoms with E-state index in [1.807, 2.05) is 12.1 Å². The number of carbonyl (C=O) groups is 3. The summed E-state index contributed by atoms with van der Waals surface area (Å²) in [6, 6.07) is 14.7. The molecule has 1 aliphatic rings. The smallest absolute Gasteiger partial charge is 0.335 e. The quantitative estimate of drug-likeness (QED) is 0.634. The second kappa shape index (κ2) is 8.93. The number of Topliss-reactive ketones (excluding diaryl/α,β-unsaturated/α-hetero) is 1. The van der Waals surface area contributed by atoms with Crippen LogP contribution in [0.1, 0.15) is 43.1 Å². The zero-order valence-electron chi connectivity index (χ0n) is 17.4. The van der Waals surface area contributed by atoms with Crippen LogP contribution in [0.4, 0.5) is 0 Å². The minimum Gasteiger partial charge on any atom is -0.478 e. The number of hydrogen-bond donors (Lipinski definition) is 1. The fraction of sp³-hybridized carbons (Fsp3) is 0.200. The topological polar surface area (TPSA) is 87.6 Å². The van der Waals surface area contributed by atoms with Crippen molar-refractivity contribution >= 4 is 29.3 Å². The van der Waals surface area contributed by atoms with E-state index >= 15 is 0 Å². The highest BCUT2D eigenvalue weighted by atomic mass is 35.5. The van der Waals surface area contributed by atoms with Gasteiger partial charge in [0.25, 0.3) is 5.91 Å². The van der Waals surface area contributed by atoms with Crippen LogP contribution < -0.4 is 0 Å². The Morgan fingerprint density at radius 2 is 1.97 bits per heavy atom. The Bertz CT molecular complexity index is 1210. The van der Waals surface area contributed by atoms with Gasteiger partial charge in [0.05, 0.1) is 11.6 Å². The first-order valence-electron chi connectivity index (χ1n) is 10.2. The van der Waals surface area contributed by atoms with Crippen molar-refractivity contribution in [3.8, 4) is 0 Å². The van der Waals surface area contributed by atoms with Gasteiger partial charge in [0.2, 0.25) is 0 Å². The monoisotopic (exact) mass is 448 g/mol. The first-order valence-corrected chi connectivity index (χ1v) is 10.6. The minimum atomic E-state index is -1.01. The first kappa shape index (κ1) is 21.7. The van der Waals surface area contributed by atoms with Crippen LogP contribution in [0.5, 0.6) is 0 Å². The van der Waals surface area contributed by atoms with Crippen molar-refractivity contribution in [1.82, 2.24) is 9.88 Å². The van der Waals surface area contributed by atoms with Gasteiger partial charge in [-0.05, 0) is 60.0 Å². The van der Waals surface area contributed by atoms with E-state index in [-0.39, 0.29) is 30.2 Å². The van der Waals surface area contributed by atoms with E-state index in [2.05, 4.69) is 4.98 Å². The highest BCUT2D eigenvalue weighted by molar-refractivity contribution is 6.30. The van der Waals surface area contributed by atoms with Crippen LogP contribution in [0.3, 0.4) is 0 Å². The van der Waals surface area contributed by atoms with Gasteiger partial charge in [-0.15, -0.1) is 0 Å². The van der Waals surface area contributed by atoms with E-state index in [0.717, 1.165) is 5.56 Å². The molecule has 0 spiro atoms. The third-order valence-corrected chi connectivity index (χ3v) is 5.91. The van der Waals surface area contributed by atoms with Crippen molar-refractivity contribution in [2.24, 2.45) is 0 Å². The number of pyridine rings is 1. The number of benzene rings is 2. The lowest BCUT2D eigenvalue weighted by Crippen LogP contribution is -2.45. The van der Waals surface area contributed by atoms with Crippen LogP contribution in [0.2, 0.25) is 5.02 Å². The largest absolute Gasteiger partial charge is 0.478 e. The number of carbonyl (C=O) groups excluding carboxylic acids is 2. The van der Waals surface area contributed by atoms with Gasteiger partial charge in [-0.3, -0.25) is 14.6 Å². The van der Waals surface area contributed by atoms with Gasteiger partial charge in [0, 0.05) is 41.9 Å². The molecule has 162 valence electrons. The van der Waals surface area contributed by atoms with Gasteiger partial charge in [-0.25, -0.2) is 4.79 Å². The molecular weight excluding hydrogens is 428 g/mol. The number of rotatable bonds is 5. The van der Waals surface area contributed by atoms with Crippen LogP contribution in [-0.4, -0.2) is 38.7 Å². The molecule has 3 aromatic rings. The SMILES string of the molecule is Cc1cc(CN2C(=O)c3ccc(Cl)cc3CC(=O)[C@H]2Cc2ccccn2)ccc1C(=O)O. The molecule has 7 heteroatoms. The number of carboxylic acids is 1. The average Bonchev–Trinajstić information content (AvgIpc) is 2.84. The normalized spacial score (nSPS) is 15.9. The number of aromatic nitrogens is 1. The van der Waals surface area contributed by atoms with Crippen LogP contribution >= 0.6 is 11.6 Å². The summed E-state index contributed by atoms with van der Waals surface area (Å²) in [7, 11) is 0. The predicted molar refractivity (Wildman–Crippen MR) is 120 cm³/mol. The number of hydrogen-bond acceptors (Lipinski definition) is 4. The average molecular weight is 449 g/mol. The van der Waals surface area contributed by atoms with E-state index in [0.29, 0.717) is 33.8 Å². The molecule has 1 N–H and O–H groups in total. The van der Waals surface area contributed by atoms with Gasteiger partial charge in [0.15, 0.2) is 5.78 Å². The molecule has 0 radical (unpaired) electrons. The molecule has 2 heterocycles. The lowest BCUT2D eigenvalue weighted by atomic mass is 9.99. The number of fused-ring (bicyclic) bond motifs is 1. The summed E-state index contributed by atoms with van der Waals surface area (Å²) in [5.74, 6) is -1.36. The molecule has 2 aromatic carbocycles. The van der Waals surface area contributed by atoms with Crippen molar-refractivity contribution in [2.75, 3.05) is 0 Å². The highest BCUT2D eigenvalue weighted by Gasteiger charge is 2.35. The molecule has 6 nitrogen and oxygen atoms in total. The molecule has 1 aliphatic heterocycles. The van der Waals surface area contributed by atoms with Crippen molar-refractivity contribution in [2.45, 2.75) is 32.4 Å². The molecule has 0 aliphatic carbocycles. The summed E-state index contributed by atoms with van der Waals surface area (Å²) < 4.78 is 0. The Morgan fingerprint density at radius 3 is 2.66 bits per heavy atom. The molecule has 1 amide bonds. The zero-order valence-corrected chi connectivity index (χ0v) is 18.2. The number of halogens is 1. The summed E-state index contributed by atoms with van der Waals surface area (Å²) in [5, 5.41) is 9.77. The lowest BCUT2D eigenvalue weighted by molar-refractivity contribution is -0.122. The van der Waals surface area contributed by atoms with E-state index in [1.165, 1.54) is 6.07 Å². The van der Waals surface area contributed by atoms with Crippen molar-refractivity contribution in [3.05, 3.63) is 99.3 Å². The summed E-state index contributed by atoms with van der Waals surface area (Å²) in [5.41, 5.74) is 3.32. The zero-order chi connectivity index (χ0) is 22.8. The van der Waals surface area contributed by atoms with E-state index in [9.17, 15) is 19.5 Å². The molecule has 0 bridgehead atoms. The maximum atomic E-state index is 13.6. The standard InChI is InChI=1S/C25H21ClN2O4/c1-15-10-16(5-7-20(15)25(31)32)14-28-22(13-19-4-2-3-9-27-19)23(29)12-17-11-18(26)6-8-21(17)24(28)30/h2-11,22H,12-14H2,1H3,(H,31,32)/t22-/m1/s1. The molecule has 1 atom stereocenters. The van der Waals surface area contributed by atoms with Crippen molar-refractivity contribution in [1.29, 1.82) is 0 Å². The van der Waals surface area contributed by atoms with Gasteiger partial charge in [0.1, 0.15) is 0 Å². The Balaban J connectivity index is 1.75. The molecule has 0 fully saturated rings. The van der Waals surface area contributed by atoms with Crippen LogP contribution in [0.25, 0.3) is 0 Å². The Labute approximate surface area is 190 Å². The second-order valence-electron chi connectivity index (χ2n) is 7.87. The number of aromatic carboxylic acids is 1. The summed E-state index contributed by atoms with van der Waals surface area (Å²) in [6.07, 6.45) is 2.05. The fourth-order valence-electron chi connectivity index (χ4n) is 4.08. The number of amides is 1. The molecule has 0 saturated heterocycles. The van der Waals surface area contributed by atoms with Crippen molar-refractivity contribution in [3.63, 3.8) is 0 Å². The second-order valence-corrected chi connectivity index (χ2v) is 8.31. The van der Waals surface area contributed by atoms with E-state index in [1.54, 1.807) is 54.4 Å². The number of aryl methyl sites for hydroxylation is 1. The van der Waals surface area contributed by atoms with Crippen LogP contribution in [-0.2, 0) is 24.2 Å². The third kappa shape index (κ3) is 4.41. The molecule has 4 rings (SSSR count). The maximum absolute atomic E-state index is 13.6. The Morgan fingerprint density at radius 1 is 1.16 bits per heavy atom. The van der Waals surface area contributed by atoms with Gasteiger partial charge in [-0.2, -0.15) is 0 Å². The summed E-state index contributed by atoms with van der Waals surface area (Å²) >= 11 is 6.12. The summed E-state index contributed by atoms with van der Waals surface area (Å²) in [6.45, 7) is 1.88. The number of nitrogens with zero attached hydrogens (tertiary/aromatic N) is 2. The molecule has 0 saturated carbocycles. The predicted octanol–water partition coefficient (Wildman–Crippen LogP) is 4.12. The fourth-order valence-corrected chi connectivity index (χ4v) is 4.27. The van der Waals surface area contributed by atoms with Crippen LogP contribution in [0, 0.1) is 6.92 Å². The Kier molecular flexibility index (Phi) is 6.06. The van der Waals surface area contributed by atoms with E-state index in [4.69, 9.17) is 11.6 Å². The molecule has 0 unspecified atom stereocenters. The van der Waals surface area contributed by atoms with Crippen LogP contribution in [0.15, 0.2) is 60.8 Å². The molecule has 32 heavy (non-hydrogen) atoms. The minimum absolute atomic E-state index is 0.0936. The molecule has 1 aromatic heterocycles. The van der Waals surface area contributed by atoms with Gasteiger partial charge < -0.3 is 10.0 Å². The van der Waals surface area contributed by atoms with Gasteiger partial charge >= 0.3 is 5.97 Å². The van der Waals surface area contributed by atoms with Crippen molar-refractivity contribution < 1.29 is 19.5 Å².